The average Bonchev–Trinajstić information content (AvgIpc) is 2.91. The molecule has 6 aromatic rings. The summed E-state index contributed by atoms with van der Waals surface area (Å²) >= 11 is 0. The van der Waals surface area contributed by atoms with Crippen molar-refractivity contribution in [2.24, 2.45) is 0 Å². The molecular weight excluding hydrogens is 448 g/mol. The van der Waals surface area contributed by atoms with Crippen LogP contribution in [0.5, 0.6) is 5.75 Å². The van der Waals surface area contributed by atoms with Crippen LogP contribution in [0.2, 0.25) is 0 Å². The third kappa shape index (κ3) is 3.56. The van der Waals surface area contributed by atoms with Gasteiger partial charge in [0.1, 0.15) is 5.75 Å². The highest BCUT2D eigenvalue weighted by molar-refractivity contribution is 6.11. The van der Waals surface area contributed by atoms with Gasteiger partial charge in [-0.3, -0.25) is 4.79 Å². The normalized spacial score (nSPS) is 11.1. The van der Waals surface area contributed by atoms with Crippen LogP contribution in [0, 0.1) is 0 Å². The van der Waals surface area contributed by atoms with Gasteiger partial charge in [0.05, 0.1) is 5.56 Å². The monoisotopic (exact) mass is 468 g/mol. The third-order valence-corrected chi connectivity index (χ3v) is 6.64. The van der Waals surface area contributed by atoms with E-state index in [1.54, 1.807) is 6.07 Å². The van der Waals surface area contributed by atoms with Crippen molar-refractivity contribution >= 4 is 44.8 Å². The fourth-order valence-electron chi connectivity index (χ4n) is 5.00. The van der Waals surface area contributed by atoms with Gasteiger partial charge in [0.25, 0.3) is 6.47 Å². The highest BCUT2D eigenvalue weighted by Crippen LogP contribution is 2.41. The zero-order valence-corrected chi connectivity index (χ0v) is 19.1. The smallest absolute Gasteiger partial charge is 0.336 e. The summed E-state index contributed by atoms with van der Waals surface area (Å²) in [6, 6.07) is 35.1. The van der Waals surface area contributed by atoms with Gasteiger partial charge in [0.15, 0.2) is 0 Å². The molecule has 4 nitrogen and oxygen atoms in total. The van der Waals surface area contributed by atoms with Crippen LogP contribution in [0.3, 0.4) is 0 Å². The van der Waals surface area contributed by atoms with Crippen LogP contribution in [-0.2, 0) is 4.79 Å². The fourth-order valence-corrected chi connectivity index (χ4v) is 5.00. The molecule has 0 aliphatic rings. The average molecular weight is 469 g/mol. The Kier molecular flexibility index (Phi) is 5.20. The number of carbonyl (C=O) groups is 2. The predicted molar refractivity (Wildman–Crippen MR) is 143 cm³/mol. The lowest BCUT2D eigenvalue weighted by Gasteiger charge is -2.16. The fraction of sp³-hybridized carbons (Fsp3) is 0. The molecule has 0 saturated heterocycles. The number of aromatic carboxylic acids is 1. The van der Waals surface area contributed by atoms with Gasteiger partial charge in [0, 0.05) is 5.56 Å². The second kappa shape index (κ2) is 8.67. The SMILES string of the molecule is O=COc1cc2ccccc2cc1-c1cccc2c(-c3cc4ccccc4cc3C(=O)O)cccc12. The Labute approximate surface area is 207 Å². The number of carboxylic acids is 1. The molecule has 0 aliphatic carbocycles. The second-order valence-corrected chi connectivity index (χ2v) is 8.67. The Morgan fingerprint density at radius 2 is 1.08 bits per heavy atom. The van der Waals surface area contributed by atoms with Crippen molar-refractivity contribution in [3.8, 4) is 28.0 Å². The van der Waals surface area contributed by atoms with Gasteiger partial charge >= 0.3 is 5.97 Å². The van der Waals surface area contributed by atoms with Crippen molar-refractivity contribution in [1.82, 2.24) is 0 Å². The number of benzene rings is 6. The first-order valence-electron chi connectivity index (χ1n) is 11.6. The molecule has 0 heterocycles. The van der Waals surface area contributed by atoms with Gasteiger partial charge in [0.2, 0.25) is 0 Å². The Morgan fingerprint density at radius 3 is 1.64 bits per heavy atom. The third-order valence-electron chi connectivity index (χ3n) is 6.64. The Bertz CT molecular complexity index is 1820. The van der Waals surface area contributed by atoms with Crippen molar-refractivity contribution < 1.29 is 19.4 Å². The molecule has 0 spiro atoms. The molecule has 36 heavy (non-hydrogen) atoms. The molecule has 6 rings (SSSR count). The topological polar surface area (TPSA) is 63.6 Å². The van der Waals surface area contributed by atoms with Gasteiger partial charge in [-0.05, 0) is 73.3 Å². The van der Waals surface area contributed by atoms with Crippen LogP contribution in [0.25, 0.3) is 54.6 Å². The Hall–Kier alpha value is -4.96. The number of carbonyl (C=O) groups excluding carboxylic acids is 1. The van der Waals surface area contributed by atoms with Crippen molar-refractivity contribution in [2.45, 2.75) is 0 Å². The van der Waals surface area contributed by atoms with E-state index in [1.165, 1.54) is 0 Å². The lowest BCUT2D eigenvalue weighted by molar-refractivity contribution is -0.120. The van der Waals surface area contributed by atoms with Crippen LogP contribution in [0.4, 0.5) is 0 Å². The van der Waals surface area contributed by atoms with E-state index in [1.807, 2.05) is 103 Å². The maximum atomic E-state index is 12.3. The maximum Gasteiger partial charge on any atom is 0.336 e. The van der Waals surface area contributed by atoms with Crippen LogP contribution < -0.4 is 4.74 Å². The lowest BCUT2D eigenvalue weighted by atomic mass is 9.89. The Morgan fingerprint density at radius 1 is 0.583 bits per heavy atom. The summed E-state index contributed by atoms with van der Waals surface area (Å²) in [6.45, 7) is 0.443. The minimum Gasteiger partial charge on any atom is -0.478 e. The van der Waals surface area contributed by atoms with E-state index in [4.69, 9.17) is 4.74 Å². The molecule has 1 N–H and O–H groups in total. The van der Waals surface area contributed by atoms with Crippen molar-refractivity contribution in [1.29, 1.82) is 0 Å². The van der Waals surface area contributed by atoms with Crippen molar-refractivity contribution in [3.63, 3.8) is 0 Å². The highest BCUT2D eigenvalue weighted by Gasteiger charge is 2.18. The van der Waals surface area contributed by atoms with E-state index < -0.39 is 5.97 Å². The number of carboxylic acid groups (broad SMARTS) is 1. The van der Waals surface area contributed by atoms with E-state index in [2.05, 4.69) is 0 Å². The minimum absolute atomic E-state index is 0.252. The maximum absolute atomic E-state index is 12.3. The molecule has 0 bridgehead atoms. The first-order valence-corrected chi connectivity index (χ1v) is 11.6. The quantitative estimate of drug-likeness (QED) is 0.263. The molecule has 0 radical (unpaired) electrons. The van der Waals surface area contributed by atoms with E-state index >= 15 is 0 Å². The molecule has 4 heteroatoms. The van der Waals surface area contributed by atoms with E-state index in [0.717, 1.165) is 49.0 Å². The minimum atomic E-state index is -0.972. The molecular formula is C32H20O4. The number of fused-ring (bicyclic) bond motifs is 3. The molecule has 0 saturated carbocycles. The molecule has 0 atom stereocenters. The van der Waals surface area contributed by atoms with Crippen LogP contribution in [0.15, 0.2) is 109 Å². The number of ether oxygens (including phenoxy) is 1. The van der Waals surface area contributed by atoms with Crippen molar-refractivity contribution in [3.05, 3.63) is 115 Å². The summed E-state index contributed by atoms with van der Waals surface area (Å²) in [5.41, 5.74) is 3.43. The molecule has 6 aromatic carbocycles. The summed E-state index contributed by atoms with van der Waals surface area (Å²) in [6.07, 6.45) is 0. The highest BCUT2D eigenvalue weighted by atomic mass is 16.5. The van der Waals surface area contributed by atoms with Crippen LogP contribution in [-0.4, -0.2) is 17.5 Å². The van der Waals surface area contributed by atoms with E-state index in [-0.39, 0.29) is 5.56 Å². The summed E-state index contributed by atoms with van der Waals surface area (Å²) < 4.78 is 5.40. The van der Waals surface area contributed by atoms with E-state index in [0.29, 0.717) is 17.8 Å². The summed E-state index contributed by atoms with van der Waals surface area (Å²) in [4.78, 5) is 23.6. The summed E-state index contributed by atoms with van der Waals surface area (Å²) in [5.74, 6) is -0.501. The first kappa shape index (κ1) is 21.6. The van der Waals surface area contributed by atoms with Gasteiger partial charge in [-0.1, -0.05) is 84.9 Å². The van der Waals surface area contributed by atoms with Crippen LogP contribution in [0.1, 0.15) is 10.4 Å². The second-order valence-electron chi connectivity index (χ2n) is 8.67. The number of rotatable bonds is 5. The predicted octanol–water partition coefficient (Wildman–Crippen LogP) is 7.71. The largest absolute Gasteiger partial charge is 0.478 e. The van der Waals surface area contributed by atoms with Crippen LogP contribution >= 0.6 is 0 Å². The van der Waals surface area contributed by atoms with Gasteiger partial charge in [-0.15, -0.1) is 0 Å². The zero-order valence-electron chi connectivity index (χ0n) is 19.1. The molecule has 0 unspecified atom stereocenters. The Balaban J connectivity index is 1.64. The zero-order chi connectivity index (χ0) is 24.6. The number of hydrogen-bond acceptors (Lipinski definition) is 3. The van der Waals surface area contributed by atoms with Gasteiger partial charge in [-0.2, -0.15) is 0 Å². The van der Waals surface area contributed by atoms with Crippen molar-refractivity contribution in [2.75, 3.05) is 0 Å². The first-order chi connectivity index (χ1) is 17.6. The molecule has 0 amide bonds. The molecule has 172 valence electrons. The standard InChI is InChI=1S/C32H20O4/c33-19-36-31-18-23-10-4-3-8-21(23)16-29(31)27-14-6-11-24-25(27)12-5-13-26(24)28-15-20-7-1-2-9-22(20)17-30(28)32(34)35/h1-19H,(H,34,35). The summed E-state index contributed by atoms with van der Waals surface area (Å²) in [7, 11) is 0. The molecule has 0 aliphatic heterocycles. The summed E-state index contributed by atoms with van der Waals surface area (Å²) in [5, 5.41) is 15.7. The van der Waals surface area contributed by atoms with Gasteiger partial charge < -0.3 is 9.84 Å². The molecule has 0 fully saturated rings. The van der Waals surface area contributed by atoms with E-state index in [9.17, 15) is 14.7 Å². The van der Waals surface area contributed by atoms with Gasteiger partial charge in [-0.25, -0.2) is 4.79 Å². The lowest BCUT2D eigenvalue weighted by Crippen LogP contribution is -2.00. The molecule has 0 aromatic heterocycles. The number of hydrogen-bond donors (Lipinski definition) is 1.